The fourth-order valence-corrected chi connectivity index (χ4v) is 3.66. The van der Waals surface area contributed by atoms with Crippen molar-refractivity contribution in [1.82, 2.24) is 4.98 Å². The first-order valence-electron chi connectivity index (χ1n) is 8.30. The third kappa shape index (κ3) is 1.88. The molecule has 1 aromatic heterocycles. The number of rotatable bonds is 1. The van der Waals surface area contributed by atoms with E-state index in [1.54, 1.807) is 0 Å². The summed E-state index contributed by atoms with van der Waals surface area (Å²) in [6.45, 7) is 2.13. The van der Waals surface area contributed by atoms with E-state index < -0.39 is 0 Å². The summed E-state index contributed by atoms with van der Waals surface area (Å²) < 4.78 is 0. The second-order valence-electron chi connectivity index (χ2n) is 6.43. The highest BCUT2D eigenvalue weighted by Crippen LogP contribution is 2.37. The number of nitrogens with one attached hydrogen (secondary N) is 1. The van der Waals surface area contributed by atoms with Crippen molar-refractivity contribution in [2.45, 2.75) is 6.92 Å². The van der Waals surface area contributed by atoms with Gasteiger partial charge in [0.1, 0.15) is 0 Å². The van der Waals surface area contributed by atoms with Crippen molar-refractivity contribution < 1.29 is 0 Å². The predicted molar refractivity (Wildman–Crippen MR) is 103 cm³/mol. The average molecular weight is 307 g/mol. The molecule has 4 aromatic carbocycles. The minimum Gasteiger partial charge on any atom is -0.354 e. The molecule has 114 valence electrons. The van der Waals surface area contributed by atoms with Crippen LogP contribution < -0.4 is 0 Å². The monoisotopic (exact) mass is 307 g/mol. The molecule has 1 nitrogen and oxygen atoms in total. The molecule has 0 saturated heterocycles. The Morgan fingerprint density at radius 2 is 1.29 bits per heavy atom. The standard InChI is InChI=1S/C23H17N/c1-15-10-12-16(13-11-15)20-14-21-18-7-4-5-9-22(18)24-23(21)19-8-3-2-6-17(19)20/h2-14,24H,1H3. The Morgan fingerprint density at radius 1 is 0.625 bits per heavy atom. The quantitative estimate of drug-likeness (QED) is 0.366. The minimum atomic E-state index is 1.19. The minimum absolute atomic E-state index is 1.19. The van der Waals surface area contributed by atoms with Crippen LogP contribution in [0.5, 0.6) is 0 Å². The number of benzene rings is 4. The van der Waals surface area contributed by atoms with Crippen LogP contribution in [0.4, 0.5) is 0 Å². The van der Waals surface area contributed by atoms with Gasteiger partial charge in [0.05, 0.1) is 5.52 Å². The molecule has 1 heterocycles. The summed E-state index contributed by atoms with van der Waals surface area (Å²) in [4.78, 5) is 3.61. The van der Waals surface area contributed by atoms with Crippen LogP contribution >= 0.6 is 0 Å². The van der Waals surface area contributed by atoms with Crippen molar-refractivity contribution in [3.63, 3.8) is 0 Å². The lowest BCUT2D eigenvalue weighted by atomic mass is 9.95. The van der Waals surface area contributed by atoms with Gasteiger partial charge in [0, 0.05) is 21.7 Å². The highest BCUT2D eigenvalue weighted by atomic mass is 14.7. The van der Waals surface area contributed by atoms with Crippen molar-refractivity contribution in [3.05, 3.63) is 84.4 Å². The lowest BCUT2D eigenvalue weighted by Gasteiger charge is -2.09. The molecule has 0 fully saturated rings. The van der Waals surface area contributed by atoms with Crippen molar-refractivity contribution in [2.24, 2.45) is 0 Å². The van der Waals surface area contributed by atoms with E-state index in [0.29, 0.717) is 0 Å². The van der Waals surface area contributed by atoms with Crippen molar-refractivity contribution >= 4 is 32.6 Å². The van der Waals surface area contributed by atoms with Gasteiger partial charge in [-0.3, -0.25) is 0 Å². The molecule has 0 aliphatic carbocycles. The molecule has 5 rings (SSSR count). The number of hydrogen-bond donors (Lipinski definition) is 1. The molecule has 0 aliphatic rings. The van der Waals surface area contributed by atoms with Crippen molar-refractivity contribution in [1.29, 1.82) is 0 Å². The van der Waals surface area contributed by atoms with Crippen LogP contribution in [0, 0.1) is 6.92 Å². The molecule has 1 N–H and O–H groups in total. The van der Waals surface area contributed by atoms with Gasteiger partial charge in [-0.2, -0.15) is 0 Å². The summed E-state index contributed by atoms with van der Waals surface area (Å²) in [5.41, 5.74) is 6.27. The zero-order chi connectivity index (χ0) is 16.1. The molecule has 0 unspecified atom stereocenters. The highest BCUT2D eigenvalue weighted by molar-refractivity contribution is 6.20. The number of para-hydroxylation sites is 1. The van der Waals surface area contributed by atoms with Gasteiger partial charge in [0.15, 0.2) is 0 Å². The molecule has 24 heavy (non-hydrogen) atoms. The molecular weight excluding hydrogens is 290 g/mol. The van der Waals surface area contributed by atoms with E-state index in [1.807, 2.05) is 0 Å². The average Bonchev–Trinajstić information content (AvgIpc) is 3.01. The Balaban J connectivity index is 1.97. The third-order valence-electron chi connectivity index (χ3n) is 4.88. The second kappa shape index (κ2) is 4.97. The van der Waals surface area contributed by atoms with E-state index in [0.717, 1.165) is 0 Å². The molecule has 0 spiro atoms. The number of aromatic nitrogens is 1. The molecular formula is C23H17N. The molecule has 0 saturated carbocycles. The zero-order valence-electron chi connectivity index (χ0n) is 13.5. The second-order valence-corrected chi connectivity index (χ2v) is 6.43. The van der Waals surface area contributed by atoms with Gasteiger partial charge in [-0.05, 0) is 35.6 Å². The first-order valence-corrected chi connectivity index (χ1v) is 8.30. The van der Waals surface area contributed by atoms with Gasteiger partial charge in [-0.15, -0.1) is 0 Å². The van der Waals surface area contributed by atoms with Crippen LogP contribution in [0.1, 0.15) is 5.56 Å². The van der Waals surface area contributed by atoms with Crippen LogP contribution in [0.2, 0.25) is 0 Å². The van der Waals surface area contributed by atoms with E-state index in [4.69, 9.17) is 0 Å². The fourth-order valence-electron chi connectivity index (χ4n) is 3.66. The topological polar surface area (TPSA) is 15.8 Å². The maximum atomic E-state index is 3.61. The Labute approximate surface area is 140 Å². The first kappa shape index (κ1) is 13.4. The van der Waals surface area contributed by atoms with Gasteiger partial charge < -0.3 is 4.98 Å². The summed E-state index contributed by atoms with van der Waals surface area (Å²) in [5.74, 6) is 0. The predicted octanol–water partition coefficient (Wildman–Crippen LogP) is 6.45. The normalized spacial score (nSPS) is 11.5. The van der Waals surface area contributed by atoms with Gasteiger partial charge in [0.25, 0.3) is 0 Å². The summed E-state index contributed by atoms with van der Waals surface area (Å²) >= 11 is 0. The van der Waals surface area contributed by atoms with E-state index >= 15 is 0 Å². The maximum Gasteiger partial charge on any atom is 0.0544 e. The largest absolute Gasteiger partial charge is 0.354 e. The van der Waals surface area contributed by atoms with E-state index in [2.05, 4.69) is 90.8 Å². The van der Waals surface area contributed by atoms with Gasteiger partial charge in [-0.25, -0.2) is 0 Å². The van der Waals surface area contributed by atoms with Crippen LogP contribution in [0.3, 0.4) is 0 Å². The number of hydrogen-bond acceptors (Lipinski definition) is 0. The number of H-pyrrole nitrogens is 1. The van der Waals surface area contributed by atoms with Crippen LogP contribution in [-0.4, -0.2) is 4.98 Å². The Hall–Kier alpha value is -3.06. The summed E-state index contributed by atoms with van der Waals surface area (Å²) in [6, 6.07) is 28.3. The third-order valence-corrected chi connectivity index (χ3v) is 4.88. The van der Waals surface area contributed by atoms with Crippen molar-refractivity contribution in [2.75, 3.05) is 0 Å². The van der Waals surface area contributed by atoms with E-state index in [-0.39, 0.29) is 0 Å². The van der Waals surface area contributed by atoms with Gasteiger partial charge >= 0.3 is 0 Å². The highest BCUT2D eigenvalue weighted by Gasteiger charge is 2.12. The molecule has 0 bridgehead atoms. The van der Waals surface area contributed by atoms with E-state index in [9.17, 15) is 0 Å². The molecule has 0 radical (unpaired) electrons. The number of fused-ring (bicyclic) bond motifs is 5. The number of aryl methyl sites for hydroxylation is 1. The van der Waals surface area contributed by atoms with Gasteiger partial charge in [0.2, 0.25) is 0 Å². The number of aromatic amines is 1. The van der Waals surface area contributed by atoms with Gasteiger partial charge in [-0.1, -0.05) is 72.3 Å². The van der Waals surface area contributed by atoms with Crippen LogP contribution in [-0.2, 0) is 0 Å². The lowest BCUT2D eigenvalue weighted by molar-refractivity contribution is 1.47. The molecule has 0 amide bonds. The molecule has 1 heteroatoms. The van der Waals surface area contributed by atoms with Crippen molar-refractivity contribution in [3.8, 4) is 11.1 Å². The van der Waals surface area contributed by atoms with Crippen LogP contribution in [0.25, 0.3) is 43.7 Å². The summed E-state index contributed by atoms with van der Waals surface area (Å²) in [5, 5.41) is 5.15. The summed E-state index contributed by atoms with van der Waals surface area (Å²) in [6.07, 6.45) is 0. The van der Waals surface area contributed by atoms with Crippen LogP contribution in [0.15, 0.2) is 78.9 Å². The Bertz CT molecular complexity index is 1190. The first-order chi connectivity index (χ1) is 11.8. The molecule has 0 atom stereocenters. The zero-order valence-corrected chi connectivity index (χ0v) is 13.5. The SMILES string of the molecule is Cc1ccc(-c2cc3c4ccccc4[nH]c3c3ccccc23)cc1. The Morgan fingerprint density at radius 3 is 2.08 bits per heavy atom. The van der Waals surface area contributed by atoms with E-state index in [1.165, 1.54) is 49.3 Å². The summed E-state index contributed by atoms with van der Waals surface area (Å²) in [7, 11) is 0. The maximum absolute atomic E-state index is 3.61. The Kier molecular flexibility index (Phi) is 2.77. The molecule has 5 aromatic rings. The smallest absolute Gasteiger partial charge is 0.0544 e. The lowest BCUT2D eigenvalue weighted by Crippen LogP contribution is -1.84. The fraction of sp³-hybridized carbons (Fsp3) is 0.0435. The molecule has 0 aliphatic heterocycles.